The Labute approximate surface area is 132 Å². The van der Waals surface area contributed by atoms with Crippen molar-refractivity contribution in [3.8, 4) is 5.75 Å². The first kappa shape index (κ1) is 15.3. The van der Waals surface area contributed by atoms with E-state index in [9.17, 15) is 4.79 Å². The predicted molar refractivity (Wildman–Crippen MR) is 85.1 cm³/mol. The first-order valence-corrected chi connectivity index (χ1v) is 8.37. The second kappa shape index (κ2) is 7.09. The monoisotopic (exact) mass is 303 g/mol. The molecule has 1 aromatic heterocycles. The lowest BCUT2D eigenvalue weighted by molar-refractivity contribution is -0.135. The van der Waals surface area contributed by atoms with Gasteiger partial charge in [0.15, 0.2) is 6.61 Å². The summed E-state index contributed by atoms with van der Waals surface area (Å²) in [6.07, 6.45) is 6.22. The van der Waals surface area contributed by atoms with Crippen LogP contribution in [0.1, 0.15) is 31.0 Å². The molecule has 1 aliphatic heterocycles. The van der Waals surface area contributed by atoms with Crippen LogP contribution in [0.3, 0.4) is 0 Å². The van der Waals surface area contributed by atoms with Crippen molar-refractivity contribution in [3.63, 3.8) is 0 Å². The Bertz CT molecular complexity index is 525. The van der Waals surface area contributed by atoms with Crippen LogP contribution >= 0.6 is 0 Å². The highest BCUT2D eigenvalue weighted by Gasteiger charge is 2.21. The highest BCUT2D eigenvalue weighted by atomic mass is 16.5. The largest absolute Gasteiger partial charge is 0.483 e. The number of hydrogen-bond acceptors (Lipinski definition) is 4. The molecule has 1 aliphatic carbocycles. The van der Waals surface area contributed by atoms with Gasteiger partial charge in [0, 0.05) is 43.6 Å². The fraction of sp³-hybridized carbons (Fsp3) is 0.647. The van der Waals surface area contributed by atoms with Gasteiger partial charge in [0.25, 0.3) is 5.91 Å². The van der Waals surface area contributed by atoms with Crippen LogP contribution in [0.4, 0.5) is 0 Å². The maximum absolute atomic E-state index is 12.3. The average molecular weight is 303 g/mol. The summed E-state index contributed by atoms with van der Waals surface area (Å²) in [4.78, 5) is 21.0. The first-order valence-electron chi connectivity index (χ1n) is 8.37. The number of carbonyl (C=O) groups is 1. The van der Waals surface area contributed by atoms with Crippen LogP contribution in [0, 0.1) is 0 Å². The fourth-order valence-electron chi connectivity index (χ4n) is 3.27. The van der Waals surface area contributed by atoms with Crippen molar-refractivity contribution in [3.05, 3.63) is 23.5 Å². The van der Waals surface area contributed by atoms with Gasteiger partial charge in [-0.1, -0.05) is 6.92 Å². The van der Waals surface area contributed by atoms with Gasteiger partial charge in [-0.3, -0.25) is 9.78 Å². The van der Waals surface area contributed by atoms with Gasteiger partial charge in [0.05, 0.1) is 0 Å². The van der Waals surface area contributed by atoms with Crippen LogP contribution in [0.5, 0.6) is 5.75 Å². The highest BCUT2D eigenvalue weighted by Crippen LogP contribution is 2.27. The molecule has 120 valence electrons. The van der Waals surface area contributed by atoms with Crippen LogP contribution < -0.4 is 4.74 Å². The van der Waals surface area contributed by atoms with E-state index in [1.165, 1.54) is 18.4 Å². The summed E-state index contributed by atoms with van der Waals surface area (Å²) in [6, 6.07) is 1.90. The second-order valence-electron chi connectivity index (χ2n) is 6.05. The van der Waals surface area contributed by atoms with E-state index >= 15 is 0 Å². The molecule has 5 nitrogen and oxygen atoms in total. The van der Waals surface area contributed by atoms with E-state index in [2.05, 4.69) is 16.8 Å². The number of piperazine rings is 1. The molecule has 1 fully saturated rings. The summed E-state index contributed by atoms with van der Waals surface area (Å²) in [7, 11) is 0. The van der Waals surface area contributed by atoms with Crippen molar-refractivity contribution in [2.45, 2.75) is 32.6 Å². The van der Waals surface area contributed by atoms with E-state index in [0.717, 1.165) is 57.0 Å². The minimum atomic E-state index is 0.0946. The van der Waals surface area contributed by atoms with Crippen molar-refractivity contribution in [2.75, 3.05) is 39.3 Å². The summed E-state index contributed by atoms with van der Waals surface area (Å²) in [5, 5.41) is 0. The third-order valence-corrected chi connectivity index (χ3v) is 4.72. The molecule has 22 heavy (non-hydrogen) atoms. The lowest BCUT2D eigenvalue weighted by Crippen LogP contribution is -2.49. The molecular formula is C17H25N3O2. The molecule has 0 bridgehead atoms. The average Bonchev–Trinajstić information content (AvgIpc) is 2.59. The molecule has 0 aromatic carbocycles. The van der Waals surface area contributed by atoms with E-state index in [4.69, 9.17) is 4.74 Å². The number of nitrogens with zero attached hydrogens (tertiary/aromatic N) is 3. The summed E-state index contributed by atoms with van der Waals surface area (Å²) in [5.74, 6) is 0.947. The Morgan fingerprint density at radius 2 is 2.00 bits per heavy atom. The molecule has 0 radical (unpaired) electrons. The number of aromatic nitrogens is 1. The summed E-state index contributed by atoms with van der Waals surface area (Å²) in [5.41, 5.74) is 2.35. The van der Waals surface area contributed by atoms with Gasteiger partial charge >= 0.3 is 0 Å². The normalized spacial score (nSPS) is 18.9. The Kier molecular flexibility index (Phi) is 4.93. The van der Waals surface area contributed by atoms with Gasteiger partial charge in [-0.2, -0.15) is 0 Å². The molecule has 0 spiro atoms. The standard InChI is InChI=1S/C17H25N3O2/c1-2-19-9-11-20(12-10-19)17(21)13-22-16-7-8-18-15-6-4-3-5-14(15)16/h7-8H,2-6,9-13H2,1H3. The van der Waals surface area contributed by atoms with E-state index in [1.807, 2.05) is 11.0 Å². The van der Waals surface area contributed by atoms with E-state index in [-0.39, 0.29) is 12.5 Å². The van der Waals surface area contributed by atoms with Gasteiger partial charge in [-0.05, 0) is 38.3 Å². The molecule has 0 N–H and O–H groups in total. The molecule has 2 heterocycles. The minimum absolute atomic E-state index is 0.0946. The van der Waals surface area contributed by atoms with Gasteiger partial charge in [-0.25, -0.2) is 0 Å². The predicted octanol–water partition coefficient (Wildman–Crippen LogP) is 1.50. The van der Waals surface area contributed by atoms with Gasteiger partial charge in [0.2, 0.25) is 0 Å². The molecule has 2 aliphatic rings. The van der Waals surface area contributed by atoms with E-state index in [0.29, 0.717) is 0 Å². The van der Waals surface area contributed by atoms with Crippen molar-refractivity contribution in [1.82, 2.24) is 14.8 Å². The number of ether oxygens (including phenoxy) is 1. The number of aryl methyl sites for hydroxylation is 1. The van der Waals surface area contributed by atoms with Gasteiger partial charge < -0.3 is 14.5 Å². The lowest BCUT2D eigenvalue weighted by atomic mass is 9.95. The number of pyridine rings is 1. The third kappa shape index (κ3) is 3.40. The van der Waals surface area contributed by atoms with E-state index < -0.39 is 0 Å². The number of fused-ring (bicyclic) bond motifs is 1. The Hall–Kier alpha value is -1.62. The number of hydrogen-bond donors (Lipinski definition) is 0. The van der Waals surface area contributed by atoms with Gasteiger partial charge in [-0.15, -0.1) is 0 Å². The third-order valence-electron chi connectivity index (χ3n) is 4.72. The first-order chi connectivity index (χ1) is 10.8. The highest BCUT2D eigenvalue weighted by molar-refractivity contribution is 5.78. The van der Waals surface area contributed by atoms with Crippen LogP contribution in [-0.4, -0.2) is 60.0 Å². The number of rotatable bonds is 4. The van der Waals surface area contributed by atoms with Gasteiger partial charge in [0.1, 0.15) is 5.75 Å². The fourth-order valence-corrected chi connectivity index (χ4v) is 3.27. The molecule has 0 atom stereocenters. The lowest BCUT2D eigenvalue weighted by Gasteiger charge is -2.34. The van der Waals surface area contributed by atoms with Crippen LogP contribution in [0.25, 0.3) is 0 Å². The zero-order chi connectivity index (χ0) is 15.4. The SMILES string of the molecule is CCN1CCN(C(=O)COc2ccnc3c2CCCC3)CC1. The van der Waals surface area contributed by atoms with Crippen molar-refractivity contribution >= 4 is 5.91 Å². The molecule has 0 unspecified atom stereocenters. The summed E-state index contributed by atoms with van der Waals surface area (Å²) < 4.78 is 5.83. The molecule has 5 heteroatoms. The zero-order valence-electron chi connectivity index (χ0n) is 13.4. The molecule has 1 amide bonds. The van der Waals surface area contributed by atoms with Crippen molar-refractivity contribution < 1.29 is 9.53 Å². The van der Waals surface area contributed by atoms with Crippen molar-refractivity contribution in [2.24, 2.45) is 0 Å². The van der Waals surface area contributed by atoms with Crippen LogP contribution in [0.15, 0.2) is 12.3 Å². The van der Waals surface area contributed by atoms with Crippen molar-refractivity contribution in [1.29, 1.82) is 0 Å². The van der Waals surface area contributed by atoms with Crippen LogP contribution in [0.2, 0.25) is 0 Å². The molecule has 1 saturated heterocycles. The topological polar surface area (TPSA) is 45.7 Å². The Balaban J connectivity index is 1.55. The molecule has 3 rings (SSSR count). The van der Waals surface area contributed by atoms with Crippen LogP contribution in [-0.2, 0) is 17.6 Å². The molecular weight excluding hydrogens is 278 g/mol. The Morgan fingerprint density at radius 3 is 2.77 bits per heavy atom. The number of amides is 1. The second-order valence-corrected chi connectivity index (χ2v) is 6.05. The molecule has 1 aromatic rings. The Morgan fingerprint density at radius 1 is 1.23 bits per heavy atom. The number of carbonyl (C=O) groups excluding carboxylic acids is 1. The maximum Gasteiger partial charge on any atom is 0.260 e. The smallest absolute Gasteiger partial charge is 0.260 e. The minimum Gasteiger partial charge on any atom is -0.483 e. The van der Waals surface area contributed by atoms with E-state index in [1.54, 1.807) is 6.20 Å². The number of likely N-dealkylation sites (N-methyl/N-ethyl adjacent to an activating group) is 1. The molecule has 0 saturated carbocycles. The zero-order valence-corrected chi connectivity index (χ0v) is 13.4. The maximum atomic E-state index is 12.3. The summed E-state index contributed by atoms with van der Waals surface area (Å²) >= 11 is 0. The quantitative estimate of drug-likeness (QED) is 0.846. The summed E-state index contributed by atoms with van der Waals surface area (Å²) in [6.45, 7) is 6.91.